The van der Waals surface area contributed by atoms with E-state index in [1.807, 2.05) is 0 Å². The highest BCUT2D eigenvalue weighted by atomic mass is 79.9. The van der Waals surface area contributed by atoms with Crippen molar-refractivity contribution in [3.8, 4) is 0 Å². The second-order valence-electron chi connectivity index (χ2n) is 4.01. The van der Waals surface area contributed by atoms with Crippen LogP contribution in [0.15, 0.2) is 4.60 Å². The quantitative estimate of drug-likeness (QED) is 0.822. The van der Waals surface area contributed by atoms with Gasteiger partial charge in [-0.2, -0.15) is 0 Å². The lowest BCUT2D eigenvalue weighted by molar-refractivity contribution is 0.434. The van der Waals surface area contributed by atoms with Crippen LogP contribution in [-0.4, -0.2) is 9.97 Å². The predicted molar refractivity (Wildman–Crippen MR) is 64.4 cm³/mol. The molecule has 1 saturated carbocycles. The molecule has 4 nitrogen and oxygen atoms in total. The van der Waals surface area contributed by atoms with E-state index >= 15 is 0 Å². The molecule has 0 saturated heterocycles. The standard InChI is InChI=1S/C10H15BrN4/c11-8-7(6-4-2-1-3-5-6)14-9(12)10(13)15-8/h6H,1-5H2,(H2,12,14)(H2,13,15). The van der Waals surface area contributed by atoms with Gasteiger partial charge >= 0.3 is 0 Å². The third-order valence-corrected chi connectivity index (χ3v) is 3.51. The van der Waals surface area contributed by atoms with Crippen molar-refractivity contribution in [1.29, 1.82) is 0 Å². The molecule has 0 spiro atoms. The van der Waals surface area contributed by atoms with Gasteiger partial charge in [0.2, 0.25) is 0 Å². The van der Waals surface area contributed by atoms with Gasteiger partial charge in [0, 0.05) is 5.92 Å². The lowest BCUT2D eigenvalue weighted by atomic mass is 9.87. The molecule has 0 amide bonds. The van der Waals surface area contributed by atoms with E-state index in [2.05, 4.69) is 25.9 Å². The average Bonchev–Trinajstić information content (AvgIpc) is 2.25. The fourth-order valence-corrected chi connectivity index (χ4v) is 2.69. The summed E-state index contributed by atoms with van der Waals surface area (Å²) in [4.78, 5) is 8.49. The van der Waals surface area contributed by atoms with Gasteiger partial charge in [0.25, 0.3) is 0 Å². The minimum absolute atomic E-state index is 0.307. The zero-order chi connectivity index (χ0) is 10.8. The first kappa shape index (κ1) is 10.7. The monoisotopic (exact) mass is 270 g/mol. The maximum atomic E-state index is 5.68. The summed E-state index contributed by atoms with van der Waals surface area (Å²) in [5.41, 5.74) is 12.2. The van der Waals surface area contributed by atoms with Crippen LogP contribution in [0.25, 0.3) is 0 Å². The van der Waals surface area contributed by atoms with Crippen LogP contribution in [0.4, 0.5) is 11.6 Å². The minimum Gasteiger partial charge on any atom is -0.381 e. The normalized spacial score (nSPS) is 17.9. The second-order valence-corrected chi connectivity index (χ2v) is 4.76. The van der Waals surface area contributed by atoms with E-state index in [1.165, 1.54) is 32.1 Å². The Morgan fingerprint density at radius 3 is 2.27 bits per heavy atom. The summed E-state index contributed by atoms with van der Waals surface area (Å²) in [6.07, 6.45) is 6.21. The first-order chi connectivity index (χ1) is 7.18. The molecule has 1 fully saturated rings. The second kappa shape index (κ2) is 4.35. The molecule has 0 radical (unpaired) electrons. The molecular weight excluding hydrogens is 256 g/mol. The molecule has 1 aliphatic rings. The highest BCUT2D eigenvalue weighted by Crippen LogP contribution is 2.35. The Morgan fingerprint density at radius 1 is 1.00 bits per heavy atom. The van der Waals surface area contributed by atoms with Crippen molar-refractivity contribution in [2.75, 3.05) is 11.5 Å². The number of aromatic nitrogens is 2. The van der Waals surface area contributed by atoms with Gasteiger partial charge in [0.15, 0.2) is 11.6 Å². The van der Waals surface area contributed by atoms with Gasteiger partial charge in [-0.1, -0.05) is 19.3 Å². The molecule has 1 aliphatic carbocycles. The van der Waals surface area contributed by atoms with Crippen molar-refractivity contribution in [3.05, 3.63) is 10.3 Å². The molecule has 0 aliphatic heterocycles. The van der Waals surface area contributed by atoms with Crippen LogP contribution in [0.5, 0.6) is 0 Å². The Kier molecular flexibility index (Phi) is 3.09. The molecule has 15 heavy (non-hydrogen) atoms. The van der Waals surface area contributed by atoms with Crippen LogP contribution in [0.2, 0.25) is 0 Å². The molecule has 1 aromatic rings. The molecule has 0 bridgehead atoms. The molecule has 0 aromatic carbocycles. The van der Waals surface area contributed by atoms with Crippen LogP contribution in [0, 0.1) is 0 Å². The van der Waals surface area contributed by atoms with Gasteiger partial charge < -0.3 is 11.5 Å². The maximum Gasteiger partial charge on any atom is 0.167 e. The van der Waals surface area contributed by atoms with E-state index in [0.29, 0.717) is 17.6 Å². The summed E-state index contributed by atoms with van der Waals surface area (Å²) >= 11 is 3.41. The van der Waals surface area contributed by atoms with Gasteiger partial charge in [-0.3, -0.25) is 0 Å². The van der Waals surface area contributed by atoms with E-state index < -0.39 is 0 Å². The van der Waals surface area contributed by atoms with E-state index in [1.54, 1.807) is 0 Å². The molecule has 0 atom stereocenters. The van der Waals surface area contributed by atoms with Crippen molar-refractivity contribution >= 4 is 27.6 Å². The smallest absolute Gasteiger partial charge is 0.167 e. The molecule has 5 heteroatoms. The zero-order valence-electron chi connectivity index (χ0n) is 8.54. The first-order valence-corrected chi connectivity index (χ1v) is 6.06. The van der Waals surface area contributed by atoms with Crippen molar-refractivity contribution in [3.63, 3.8) is 0 Å². The summed E-state index contributed by atoms with van der Waals surface area (Å²) in [6, 6.07) is 0. The zero-order valence-corrected chi connectivity index (χ0v) is 10.1. The number of nitrogens with zero attached hydrogens (tertiary/aromatic N) is 2. The first-order valence-electron chi connectivity index (χ1n) is 5.27. The number of nitrogens with two attached hydrogens (primary N) is 2. The van der Waals surface area contributed by atoms with Crippen LogP contribution >= 0.6 is 15.9 Å². The fraction of sp³-hybridized carbons (Fsp3) is 0.600. The van der Waals surface area contributed by atoms with E-state index in [9.17, 15) is 0 Å². The Labute approximate surface area is 97.6 Å². The number of halogens is 1. The van der Waals surface area contributed by atoms with Gasteiger partial charge in [0.1, 0.15) is 4.60 Å². The predicted octanol–water partition coefficient (Wildman–Crippen LogP) is 2.45. The number of hydrogen-bond donors (Lipinski definition) is 2. The molecule has 1 aromatic heterocycles. The molecule has 82 valence electrons. The molecule has 4 N–H and O–H groups in total. The highest BCUT2D eigenvalue weighted by Gasteiger charge is 2.21. The number of rotatable bonds is 1. The Bertz CT molecular complexity index is 361. The molecule has 1 heterocycles. The van der Waals surface area contributed by atoms with Crippen LogP contribution in [0.1, 0.15) is 43.7 Å². The number of hydrogen-bond acceptors (Lipinski definition) is 4. The lowest BCUT2D eigenvalue weighted by Gasteiger charge is -2.21. The van der Waals surface area contributed by atoms with Crippen molar-refractivity contribution in [2.45, 2.75) is 38.0 Å². The highest BCUT2D eigenvalue weighted by molar-refractivity contribution is 9.10. The van der Waals surface area contributed by atoms with E-state index in [4.69, 9.17) is 11.5 Å². The third-order valence-electron chi connectivity index (χ3n) is 2.93. The fourth-order valence-electron chi connectivity index (χ4n) is 2.09. The largest absolute Gasteiger partial charge is 0.381 e. The van der Waals surface area contributed by atoms with Gasteiger partial charge in [0.05, 0.1) is 5.69 Å². The van der Waals surface area contributed by atoms with Crippen molar-refractivity contribution < 1.29 is 0 Å². The summed E-state index contributed by atoms with van der Waals surface area (Å²) in [5, 5.41) is 0. The Morgan fingerprint density at radius 2 is 1.60 bits per heavy atom. The van der Waals surface area contributed by atoms with E-state index in [0.717, 1.165) is 10.3 Å². The maximum absolute atomic E-state index is 5.68. The van der Waals surface area contributed by atoms with Crippen LogP contribution in [0.3, 0.4) is 0 Å². The van der Waals surface area contributed by atoms with E-state index in [-0.39, 0.29) is 0 Å². The van der Waals surface area contributed by atoms with Gasteiger partial charge in [-0.25, -0.2) is 9.97 Å². The molecule has 0 unspecified atom stereocenters. The van der Waals surface area contributed by atoms with Crippen molar-refractivity contribution in [1.82, 2.24) is 9.97 Å². The average molecular weight is 271 g/mol. The molecular formula is C10H15BrN4. The van der Waals surface area contributed by atoms with Gasteiger partial charge in [-0.05, 0) is 28.8 Å². The minimum atomic E-state index is 0.307. The van der Waals surface area contributed by atoms with Crippen LogP contribution in [-0.2, 0) is 0 Å². The topological polar surface area (TPSA) is 77.8 Å². The Balaban J connectivity index is 2.30. The lowest BCUT2D eigenvalue weighted by Crippen LogP contribution is -2.11. The van der Waals surface area contributed by atoms with Crippen molar-refractivity contribution in [2.24, 2.45) is 0 Å². The number of nitrogen functional groups attached to an aromatic ring is 2. The summed E-state index contributed by atoms with van der Waals surface area (Å²) in [5.74, 6) is 1.14. The SMILES string of the molecule is Nc1nc(Br)c(C2CCCCC2)nc1N. The van der Waals surface area contributed by atoms with Crippen LogP contribution < -0.4 is 11.5 Å². The summed E-state index contributed by atoms with van der Waals surface area (Å²) < 4.78 is 0.751. The molecule has 2 rings (SSSR count). The Hall–Kier alpha value is -0.840. The number of anilines is 2. The summed E-state index contributed by atoms with van der Waals surface area (Å²) in [7, 11) is 0. The third kappa shape index (κ3) is 2.22. The summed E-state index contributed by atoms with van der Waals surface area (Å²) in [6.45, 7) is 0. The van der Waals surface area contributed by atoms with Gasteiger partial charge in [-0.15, -0.1) is 0 Å².